The third-order valence-electron chi connectivity index (χ3n) is 5.30. The topological polar surface area (TPSA) is 24.5 Å². The van der Waals surface area contributed by atoms with Crippen molar-refractivity contribution >= 4 is 0 Å². The van der Waals surface area contributed by atoms with Gasteiger partial charge in [-0.05, 0) is 38.9 Å². The highest BCUT2D eigenvalue weighted by molar-refractivity contribution is 5.06. The molecule has 2 fully saturated rings. The Labute approximate surface area is 119 Å². The molecule has 1 aliphatic carbocycles. The summed E-state index contributed by atoms with van der Waals surface area (Å²) < 4.78 is 5.68. The van der Waals surface area contributed by atoms with Gasteiger partial charge in [0, 0.05) is 24.1 Å². The minimum atomic E-state index is 0.387. The molecule has 3 heteroatoms. The third kappa shape index (κ3) is 2.98. The molecule has 19 heavy (non-hydrogen) atoms. The highest BCUT2D eigenvalue weighted by Gasteiger charge is 2.48. The summed E-state index contributed by atoms with van der Waals surface area (Å²) >= 11 is 0. The molecule has 3 nitrogen and oxygen atoms in total. The van der Waals surface area contributed by atoms with E-state index in [1.165, 1.54) is 45.2 Å². The molecule has 1 saturated carbocycles. The highest BCUT2D eigenvalue weighted by atomic mass is 16.5. The first-order valence-electron chi connectivity index (χ1n) is 8.34. The first kappa shape index (κ1) is 15.3. The normalized spacial score (nSPS) is 28.1. The fourth-order valence-electron chi connectivity index (χ4n) is 4.50. The van der Waals surface area contributed by atoms with Gasteiger partial charge in [0.2, 0.25) is 0 Å². The molecule has 0 aromatic carbocycles. The van der Waals surface area contributed by atoms with E-state index >= 15 is 0 Å². The highest BCUT2D eigenvalue weighted by Crippen LogP contribution is 2.41. The second-order valence-corrected chi connectivity index (χ2v) is 6.14. The van der Waals surface area contributed by atoms with Crippen LogP contribution in [0.1, 0.15) is 52.9 Å². The first-order chi connectivity index (χ1) is 9.28. The Bertz CT molecular complexity index is 253. The van der Waals surface area contributed by atoms with Crippen LogP contribution in [0, 0.1) is 5.92 Å². The Hall–Kier alpha value is -0.120. The van der Waals surface area contributed by atoms with E-state index in [9.17, 15) is 0 Å². The van der Waals surface area contributed by atoms with Gasteiger partial charge in [0.15, 0.2) is 0 Å². The maximum absolute atomic E-state index is 5.68. The molecule has 0 bridgehead atoms. The van der Waals surface area contributed by atoms with Crippen LogP contribution in [0.3, 0.4) is 0 Å². The number of hydrogen-bond donors (Lipinski definition) is 1. The zero-order chi connectivity index (χ0) is 13.7. The molecule has 2 unspecified atom stereocenters. The summed E-state index contributed by atoms with van der Waals surface area (Å²) in [6, 6.07) is 0.613. The lowest BCUT2D eigenvalue weighted by molar-refractivity contribution is 0.0360. The number of hydrogen-bond acceptors (Lipinski definition) is 3. The summed E-state index contributed by atoms with van der Waals surface area (Å²) in [4.78, 5) is 2.73. The first-order valence-corrected chi connectivity index (χ1v) is 8.34. The van der Waals surface area contributed by atoms with Crippen molar-refractivity contribution in [2.45, 2.75) is 64.5 Å². The van der Waals surface area contributed by atoms with Crippen LogP contribution >= 0.6 is 0 Å². The number of nitrogens with one attached hydrogen (secondary N) is 1. The van der Waals surface area contributed by atoms with Gasteiger partial charge in [-0.25, -0.2) is 0 Å². The predicted octanol–water partition coefficient (Wildman–Crippen LogP) is 2.66. The molecule has 0 aromatic rings. The van der Waals surface area contributed by atoms with Crippen LogP contribution in [0.2, 0.25) is 0 Å². The summed E-state index contributed by atoms with van der Waals surface area (Å²) in [5, 5.41) is 3.83. The van der Waals surface area contributed by atoms with Crippen LogP contribution < -0.4 is 5.32 Å². The molecule has 0 spiro atoms. The molecule has 1 N–H and O–H groups in total. The maximum Gasteiger partial charge on any atom is 0.0510 e. The maximum atomic E-state index is 5.68. The molecular formula is C16H32N2O. The Morgan fingerprint density at radius 1 is 1.21 bits per heavy atom. The number of likely N-dealkylation sites (N-methyl/N-ethyl adjacent to an activating group) is 2. The van der Waals surface area contributed by atoms with Crippen LogP contribution in [0.5, 0.6) is 0 Å². The van der Waals surface area contributed by atoms with Crippen molar-refractivity contribution in [2.75, 3.05) is 32.8 Å². The molecule has 2 atom stereocenters. The van der Waals surface area contributed by atoms with Crippen LogP contribution in [-0.2, 0) is 4.74 Å². The lowest BCUT2D eigenvalue weighted by atomic mass is 9.78. The van der Waals surface area contributed by atoms with E-state index in [1.54, 1.807) is 0 Å². The van der Waals surface area contributed by atoms with Gasteiger partial charge in [0.25, 0.3) is 0 Å². The zero-order valence-electron chi connectivity index (χ0n) is 13.1. The molecule has 1 saturated heterocycles. The molecular weight excluding hydrogens is 236 g/mol. The molecule has 1 aliphatic heterocycles. The van der Waals surface area contributed by atoms with Crippen molar-refractivity contribution in [1.82, 2.24) is 10.2 Å². The van der Waals surface area contributed by atoms with Crippen LogP contribution in [0.15, 0.2) is 0 Å². The minimum absolute atomic E-state index is 0.387. The molecule has 0 aromatic heterocycles. The summed E-state index contributed by atoms with van der Waals surface area (Å²) in [7, 11) is 0. The molecule has 0 radical (unpaired) electrons. The van der Waals surface area contributed by atoms with Crippen molar-refractivity contribution in [3.05, 3.63) is 0 Å². The van der Waals surface area contributed by atoms with Crippen molar-refractivity contribution < 1.29 is 4.74 Å². The van der Waals surface area contributed by atoms with Crippen LogP contribution in [-0.4, -0.2) is 49.3 Å². The predicted molar refractivity (Wildman–Crippen MR) is 80.5 cm³/mol. The molecule has 2 rings (SSSR count). The van der Waals surface area contributed by atoms with Crippen molar-refractivity contribution in [2.24, 2.45) is 5.92 Å². The van der Waals surface area contributed by atoms with E-state index in [1.807, 2.05) is 0 Å². The fourth-order valence-corrected chi connectivity index (χ4v) is 4.50. The van der Waals surface area contributed by atoms with E-state index < -0.39 is 0 Å². The Kier molecular flexibility index (Phi) is 5.67. The van der Waals surface area contributed by atoms with E-state index in [0.29, 0.717) is 17.5 Å². The Balaban J connectivity index is 2.22. The monoisotopic (exact) mass is 268 g/mol. The quantitative estimate of drug-likeness (QED) is 0.768. The summed E-state index contributed by atoms with van der Waals surface area (Å²) in [5.74, 6) is 0.707. The smallest absolute Gasteiger partial charge is 0.0510 e. The number of rotatable bonds is 7. The minimum Gasteiger partial charge on any atom is -0.381 e. The second-order valence-electron chi connectivity index (χ2n) is 6.14. The largest absolute Gasteiger partial charge is 0.381 e. The van der Waals surface area contributed by atoms with Crippen molar-refractivity contribution in [1.29, 1.82) is 0 Å². The van der Waals surface area contributed by atoms with Gasteiger partial charge in [-0.1, -0.05) is 33.6 Å². The van der Waals surface area contributed by atoms with E-state index in [-0.39, 0.29) is 0 Å². The lowest BCUT2D eigenvalue weighted by Gasteiger charge is -2.48. The van der Waals surface area contributed by atoms with Crippen molar-refractivity contribution in [3.8, 4) is 0 Å². The van der Waals surface area contributed by atoms with Gasteiger partial charge in [-0.3, -0.25) is 4.90 Å². The molecule has 2 aliphatic rings. The summed E-state index contributed by atoms with van der Waals surface area (Å²) in [6.07, 6.45) is 6.75. The molecule has 112 valence electrons. The summed E-state index contributed by atoms with van der Waals surface area (Å²) in [5.41, 5.74) is 0.387. The van der Waals surface area contributed by atoms with Gasteiger partial charge in [0.05, 0.1) is 6.61 Å². The Morgan fingerprint density at radius 2 is 1.89 bits per heavy atom. The van der Waals surface area contributed by atoms with Gasteiger partial charge in [-0.15, -0.1) is 0 Å². The van der Waals surface area contributed by atoms with Gasteiger partial charge >= 0.3 is 0 Å². The lowest BCUT2D eigenvalue weighted by Crippen LogP contribution is -2.62. The Morgan fingerprint density at radius 3 is 2.37 bits per heavy atom. The second kappa shape index (κ2) is 7.05. The SMILES string of the molecule is CCNC(C1CCOC1)C1(N(CC)CC)CCCC1. The van der Waals surface area contributed by atoms with E-state index in [4.69, 9.17) is 4.74 Å². The number of ether oxygens (including phenoxy) is 1. The van der Waals surface area contributed by atoms with Gasteiger partial charge in [-0.2, -0.15) is 0 Å². The summed E-state index contributed by atoms with van der Waals surface area (Å²) in [6.45, 7) is 12.2. The standard InChI is InChI=1S/C16H32N2O/c1-4-17-15(14-9-12-19-13-14)16(10-7-8-11-16)18(5-2)6-3/h14-15,17H,4-13H2,1-3H3. The van der Waals surface area contributed by atoms with E-state index in [2.05, 4.69) is 31.0 Å². The van der Waals surface area contributed by atoms with E-state index in [0.717, 1.165) is 19.8 Å². The van der Waals surface area contributed by atoms with Crippen molar-refractivity contribution in [3.63, 3.8) is 0 Å². The average Bonchev–Trinajstić information content (AvgIpc) is 3.09. The van der Waals surface area contributed by atoms with Gasteiger partial charge < -0.3 is 10.1 Å². The van der Waals surface area contributed by atoms with Gasteiger partial charge in [0.1, 0.15) is 0 Å². The third-order valence-corrected chi connectivity index (χ3v) is 5.30. The fraction of sp³-hybridized carbons (Fsp3) is 1.00. The zero-order valence-corrected chi connectivity index (χ0v) is 13.1. The van der Waals surface area contributed by atoms with Crippen LogP contribution in [0.4, 0.5) is 0 Å². The molecule has 1 heterocycles. The molecule has 0 amide bonds. The number of nitrogens with zero attached hydrogens (tertiary/aromatic N) is 1. The van der Waals surface area contributed by atoms with Crippen LogP contribution in [0.25, 0.3) is 0 Å². The average molecular weight is 268 g/mol.